The Morgan fingerprint density at radius 3 is 2.62 bits per heavy atom. The van der Waals surface area contributed by atoms with Crippen LogP contribution in [-0.4, -0.2) is 44.9 Å². The zero-order valence-electron chi connectivity index (χ0n) is 18.2. The summed E-state index contributed by atoms with van der Waals surface area (Å²) in [5.41, 5.74) is 2.47. The molecule has 0 aliphatic carbocycles. The molecule has 164 valence electrons. The number of anilines is 1. The first kappa shape index (κ1) is 22.0. The average Bonchev–Trinajstić information content (AvgIpc) is 3.44. The normalized spacial score (nSPS) is 11.2. The summed E-state index contributed by atoms with van der Waals surface area (Å²) in [6, 6.07) is 13.1. The van der Waals surface area contributed by atoms with Gasteiger partial charge in [-0.3, -0.25) is 9.59 Å². The molecule has 4 rings (SSSR count). The fraction of sp³-hybridized carbons (Fsp3) is 0.217. The predicted molar refractivity (Wildman–Crippen MR) is 131 cm³/mol. The summed E-state index contributed by atoms with van der Waals surface area (Å²) in [5, 5.41) is 10.0. The van der Waals surface area contributed by atoms with E-state index in [-0.39, 0.29) is 17.2 Å². The third-order valence-corrected chi connectivity index (χ3v) is 6.78. The van der Waals surface area contributed by atoms with Gasteiger partial charge in [-0.05, 0) is 55.3 Å². The monoisotopic (exact) mass is 465 g/mol. The molecule has 9 heteroatoms. The molecule has 4 aromatic rings. The Bertz CT molecular complexity index is 1280. The molecule has 0 aliphatic rings. The second-order valence-corrected chi connectivity index (χ2v) is 9.61. The smallest absolute Gasteiger partial charge is 0.286 e. The molecule has 3 heterocycles. The fourth-order valence-electron chi connectivity index (χ4n) is 3.17. The second-order valence-electron chi connectivity index (χ2n) is 7.67. The van der Waals surface area contributed by atoms with Gasteiger partial charge in [0.1, 0.15) is 0 Å². The van der Waals surface area contributed by atoms with Crippen molar-refractivity contribution in [3.63, 3.8) is 0 Å². The molecule has 0 fully saturated rings. The molecule has 0 spiro atoms. The molecule has 2 amide bonds. The molecule has 7 nitrogen and oxygen atoms in total. The molecule has 1 N–H and O–H groups in total. The van der Waals surface area contributed by atoms with E-state index >= 15 is 0 Å². The standard InChI is InChI=1S/C23H23N5O2S2/c1-14(2)28-21-16(13-24-28)15(12-18(25-21)19-10-7-11-31-19)22(29)26-17-8-5-6-9-20(17)32-23(30)27(3)4/h5-14H,1-4H3,(H,26,29). The topological polar surface area (TPSA) is 80.1 Å². The lowest BCUT2D eigenvalue weighted by Crippen LogP contribution is -2.17. The van der Waals surface area contributed by atoms with Crippen LogP contribution in [0.1, 0.15) is 30.2 Å². The van der Waals surface area contributed by atoms with Crippen molar-refractivity contribution in [2.45, 2.75) is 24.8 Å². The van der Waals surface area contributed by atoms with Gasteiger partial charge in [0.2, 0.25) is 0 Å². The molecule has 0 saturated carbocycles. The van der Waals surface area contributed by atoms with Crippen LogP contribution in [0.15, 0.2) is 58.9 Å². The summed E-state index contributed by atoms with van der Waals surface area (Å²) in [4.78, 5) is 33.6. The van der Waals surface area contributed by atoms with Gasteiger partial charge in [0, 0.05) is 25.0 Å². The van der Waals surface area contributed by atoms with E-state index in [1.165, 1.54) is 4.90 Å². The Kier molecular flexibility index (Phi) is 6.29. The van der Waals surface area contributed by atoms with Gasteiger partial charge in [-0.15, -0.1) is 11.3 Å². The second kappa shape index (κ2) is 9.13. The van der Waals surface area contributed by atoms with Crippen molar-refractivity contribution in [2.75, 3.05) is 19.4 Å². The molecule has 32 heavy (non-hydrogen) atoms. The zero-order chi connectivity index (χ0) is 22.8. The van der Waals surface area contributed by atoms with Crippen molar-refractivity contribution >= 4 is 51.0 Å². The molecule has 0 radical (unpaired) electrons. The number of fused-ring (bicyclic) bond motifs is 1. The minimum Gasteiger partial charge on any atom is -0.339 e. The summed E-state index contributed by atoms with van der Waals surface area (Å²) in [6.45, 7) is 4.06. The van der Waals surface area contributed by atoms with Crippen LogP contribution in [-0.2, 0) is 0 Å². The van der Waals surface area contributed by atoms with Crippen LogP contribution >= 0.6 is 23.1 Å². The highest BCUT2D eigenvalue weighted by atomic mass is 32.2. The maximum atomic E-state index is 13.4. The van der Waals surface area contributed by atoms with E-state index in [1.807, 2.05) is 54.2 Å². The number of hydrogen-bond donors (Lipinski definition) is 1. The molecule has 3 aromatic heterocycles. The lowest BCUT2D eigenvalue weighted by atomic mass is 10.1. The van der Waals surface area contributed by atoms with E-state index in [9.17, 15) is 9.59 Å². The van der Waals surface area contributed by atoms with Gasteiger partial charge in [0.15, 0.2) is 5.65 Å². The summed E-state index contributed by atoms with van der Waals surface area (Å²) in [7, 11) is 3.39. The number of hydrogen-bond acceptors (Lipinski definition) is 6. The highest BCUT2D eigenvalue weighted by Gasteiger charge is 2.20. The van der Waals surface area contributed by atoms with Gasteiger partial charge in [-0.2, -0.15) is 5.10 Å². The number of carbonyl (C=O) groups excluding carboxylic acids is 2. The number of pyridine rings is 1. The molecule has 0 bridgehead atoms. The molecular weight excluding hydrogens is 442 g/mol. The Labute approximate surface area is 194 Å². The van der Waals surface area contributed by atoms with E-state index in [0.717, 1.165) is 22.3 Å². The number of nitrogens with one attached hydrogen (secondary N) is 1. The van der Waals surface area contributed by atoms with Crippen molar-refractivity contribution in [3.8, 4) is 10.6 Å². The quantitative estimate of drug-likeness (QED) is 0.379. The van der Waals surface area contributed by atoms with Crippen molar-refractivity contribution in [1.29, 1.82) is 0 Å². The van der Waals surface area contributed by atoms with Crippen molar-refractivity contribution < 1.29 is 9.59 Å². The third-order valence-electron chi connectivity index (χ3n) is 4.77. The predicted octanol–water partition coefficient (Wildman–Crippen LogP) is 5.77. The highest BCUT2D eigenvalue weighted by Crippen LogP contribution is 2.32. The average molecular weight is 466 g/mol. The first-order valence-corrected chi connectivity index (χ1v) is 11.8. The lowest BCUT2D eigenvalue weighted by molar-refractivity contribution is 0.102. The van der Waals surface area contributed by atoms with Crippen molar-refractivity contribution in [3.05, 3.63) is 59.6 Å². The number of carbonyl (C=O) groups is 2. The minimum absolute atomic E-state index is 0.101. The summed E-state index contributed by atoms with van der Waals surface area (Å²) in [6.07, 6.45) is 1.69. The van der Waals surface area contributed by atoms with Crippen LogP contribution in [0.5, 0.6) is 0 Å². The van der Waals surface area contributed by atoms with Gasteiger partial charge in [0.05, 0.1) is 33.4 Å². The summed E-state index contributed by atoms with van der Waals surface area (Å²) in [5.74, 6) is -0.274. The SMILES string of the molecule is CC(C)n1ncc2c(C(=O)Nc3ccccc3SC(=O)N(C)C)cc(-c3cccs3)nc21. The molecule has 0 aliphatic heterocycles. The molecular formula is C23H23N5O2S2. The number of thioether (sulfide) groups is 1. The van der Waals surface area contributed by atoms with Crippen LogP contribution in [0.25, 0.3) is 21.6 Å². The van der Waals surface area contributed by atoms with E-state index in [2.05, 4.69) is 10.4 Å². The maximum Gasteiger partial charge on any atom is 0.286 e. The molecule has 0 saturated heterocycles. The lowest BCUT2D eigenvalue weighted by Gasteiger charge is -2.14. The highest BCUT2D eigenvalue weighted by molar-refractivity contribution is 8.13. The molecule has 1 aromatic carbocycles. The number of benzene rings is 1. The van der Waals surface area contributed by atoms with E-state index in [4.69, 9.17) is 4.98 Å². The van der Waals surface area contributed by atoms with E-state index in [0.29, 0.717) is 27.2 Å². The number of aromatic nitrogens is 3. The van der Waals surface area contributed by atoms with Crippen LogP contribution in [0.3, 0.4) is 0 Å². The van der Waals surface area contributed by atoms with Crippen molar-refractivity contribution in [1.82, 2.24) is 19.7 Å². The van der Waals surface area contributed by atoms with Crippen LogP contribution in [0, 0.1) is 0 Å². The first-order chi connectivity index (χ1) is 15.3. The van der Waals surface area contributed by atoms with Crippen LogP contribution < -0.4 is 5.32 Å². The van der Waals surface area contributed by atoms with E-state index in [1.54, 1.807) is 43.8 Å². The number of nitrogens with zero attached hydrogens (tertiary/aromatic N) is 4. The Morgan fingerprint density at radius 2 is 1.94 bits per heavy atom. The molecule has 0 atom stereocenters. The maximum absolute atomic E-state index is 13.4. The van der Waals surface area contributed by atoms with Gasteiger partial charge in [-0.25, -0.2) is 9.67 Å². The third kappa shape index (κ3) is 4.39. The number of para-hydroxylation sites is 1. The van der Waals surface area contributed by atoms with Crippen LogP contribution in [0.4, 0.5) is 10.5 Å². The Hall–Kier alpha value is -3.17. The van der Waals surface area contributed by atoms with Gasteiger partial charge in [0.25, 0.3) is 11.1 Å². The number of rotatable bonds is 5. The van der Waals surface area contributed by atoms with Gasteiger partial charge in [-0.1, -0.05) is 18.2 Å². The first-order valence-electron chi connectivity index (χ1n) is 10.1. The number of thiophene rings is 1. The zero-order valence-corrected chi connectivity index (χ0v) is 19.8. The summed E-state index contributed by atoms with van der Waals surface area (Å²) >= 11 is 2.64. The van der Waals surface area contributed by atoms with E-state index < -0.39 is 0 Å². The Morgan fingerprint density at radius 1 is 1.16 bits per heavy atom. The van der Waals surface area contributed by atoms with Crippen LogP contribution in [0.2, 0.25) is 0 Å². The fourth-order valence-corrected chi connectivity index (χ4v) is 4.60. The number of amides is 2. The Balaban J connectivity index is 1.76. The van der Waals surface area contributed by atoms with Gasteiger partial charge < -0.3 is 10.2 Å². The summed E-state index contributed by atoms with van der Waals surface area (Å²) < 4.78 is 1.82. The van der Waals surface area contributed by atoms with Crippen molar-refractivity contribution in [2.24, 2.45) is 0 Å². The van der Waals surface area contributed by atoms with Gasteiger partial charge >= 0.3 is 0 Å². The largest absolute Gasteiger partial charge is 0.339 e. The minimum atomic E-state index is -0.274. The molecule has 0 unspecified atom stereocenters.